The van der Waals surface area contributed by atoms with E-state index >= 15 is 0 Å². The van der Waals surface area contributed by atoms with Gasteiger partial charge >= 0.3 is 0 Å². The third kappa shape index (κ3) is 5.31. The normalized spacial score (nSPS) is 23.0. The summed E-state index contributed by atoms with van der Waals surface area (Å²) in [5.41, 5.74) is 0.495. The maximum Gasteiger partial charge on any atom is 0.0601 e. The van der Waals surface area contributed by atoms with E-state index < -0.39 is 0 Å². The van der Waals surface area contributed by atoms with Gasteiger partial charge in [0.05, 0.1) is 6.54 Å². The van der Waals surface area contributed by atoms with Crippen molar-refractivity contribution in [2.45, 2.75) is 47.5 Å². The lowest BCUT2D eigenvalue weighted by Gasteiger charge is -2.48. The number of piperidine rings is 1. The zero-order valence-corrected chi connectivity index (χ0v) is 14.8. The molecule has 2 saturated heterocycles. The lowest BCUT2D eigenvalue weighted by molar-refractivity contribution is 0.00663. The van der Waals surface area contributed by atoms with E-state index in [9.17, 15) is 0 Å². The summed E-state index contributed by atoms with van der Waals surface area (Å²) in [7, 11) is 0. The second-order valence-corrected chi connectivity index (χ2v) is 8.48. The molecule has 2 nitrogen and oxygen atoms in total. The van der Waals surface area contributed by atoms with Gasteiger partial charge in [0.1, 0.15) is 0 Å². The number of nitrogens with zero attached hydrogens (tertiary/aromatic N) is 2. The molecule has 0 aromatic rings. The van der Waals surface area contributed by atoms with E-state index in [1.807, 2.05) is 0 Å². The van der Waals surface area contributed by atoms with Crippen molar-refractivity contribution in [1.29, 1.82) is 0 Å². The van der Waals surface area contributed by atoms with Crippen LogP contribution in [0.15, 0.2) is 0 Å². The number of likely N-dealkylation sites (tertiary alicyclic amines) is 2. The van der Waals surface area contributed by atoms with E-state index in [-0.39, 0.29) is 0 Å². The fourth-order valence-electron chi connectivity index (χ4n) is 3.32. The molecule has 0 aliphatic carbocycles. The van der Waals surface area contributed by atoms with E-state index in [2.05, 4.69) is 56.3 Å². The summed E-state index contributed by atoms with van der Waals surface area (Å²) in [6, 6.07) is 0. The third-order valence-corrected chi connectivity index (χ3v) is 5.10. The molecule has 2 aliphatic heterocycles. The monoisotopic (exact) mass is 290 g/mol. The zero-order valence-electron chi connectivity index (χ0n) is 14.8. The van der Waals surface area contributed by atoms with Crippen LogP contribution in [0.5, 0.6) is 0 Å². The quantitative estimate of drug-likeness (QED) is 0.736. The van der Waals surface area contributed by atoms with Crippen molar-refractivity contribution in [3.8, 4) is 11.8 Å². The Balaban J connectivity index is 1.61. The van der Waals surface area contributed by atoms with Gasteiger partial charge in [-0.05, 0) is 43.2 Å². The Hall–Kier alpha value is -0.520. The lowest BCUT2D eigenvalue weighted by atomic mass is 9.75. The van der Waals surface area contributed by atoms with E-state index in [1.54, 1.807) is 0 Å². The summed E-state index contributed by atoms with van der Waals surface area (Å²) in [5, 5.41) is 0. The molecule has 0 amide bonds. The summed E-state index contributed by atoms with van der Waals surface area (Å²) in [6.45, 7) is 18.9. The Morgan fingerprint density at radius 3 is 2.19 bits per heavy atom. The van der Waals surface area contributed by atoms with Gasteiger partial charge in [-0.3, -0.25) is 4.90 Å². The standard InChI is InChI=1S/C19H34N2/c1-16(2)7-6-10-20-11-8-17(9-12-20)13-21-14-18(15-21)19(3,4)5/h16-18H,8-15H2,1-5H3. The molecule has 2 heterocycles. The Morgan fingerprint density at radius 1 is 1.05 bits per heavy atom. The van der Waals surface area contributed by atoms with Gasteiger partial charge in [-0.1, -0.05) is 46.5 Å². The molecule has 0 N–H and O–H groups in total. The minimum absolute atomic E-state index is 0.495. The molecule has 0 radical (unpaired) electrons. The molecule has 120 valence electrons. The van der Waals surface area contributed by atoms with Crippen LogP contribution < -0.4 is 0 Å². The van der Waals surface area contributed by atoms with Gasteiger partial charge in [0.15, 0.2) is 0 Å². The highest BCUT2D eigenvalue weighted by molar-refractivity contribution is 5.03. The van der Waals surface area contributed by atoms with Crippen LogP contribution in [0.4, 0.5) is 0 Å². The highest BCUT2D eigenvalue weighted by Crippen LogP contribution is 2.34. The highest BCUT2D eigenvalue weighted by Gasteiger charge is 2.36. The topological polar surface area (TPSA) is 6.48 Å². The number of rotatable bonds is 3. The van der Waals surface area contributed by atoms with Gasteiger partial charge in [-0.2, -0.15) is 0 Å². The van der Waals surface area contributed by atoms with Crippen molar-refractivity contribution in [2.24, 2.45) is 23.2 Å². The van der Waals surface area contributed by atoms with E-state index in [1.165, 1.54) is 45.6 Å². The second-order valence-electron chi connectivity index (χ2n) is 8.48. The van der Waals surface area contributed by atoms with Crippen LogP contribution in [0.1, 0.15) is 47.5 Å². The molecule has 0 aromatic carbocycles. The predicted octanol–water partition coefficient (Wildman–Crippen LogP) is 3.34. The van der Waals surface area contributed by atoms with Crippen LogP contribution >= 0.6 is 0 Å². The van der Waals surface area contributed by atoms with Crippen molar-refractivity contribution >= 4 is 0 Å². The van der Waals surface area contributed by atoms with Crippen molar-refractivity contribution < 1.29 is 0 Å². The maximum absolute atomic E-state index is 3.32. The van der Waals surface area contributed by atoms with Crippen molar-refractivity contribution in [2.75, 3.05) is 39.3 Å². The molecule has 0 spiro atoms. The third-order valence-electron chi connectivity index (χ3n) is 5.10. The average Bonchev–Trinajstić information content (AvgIpc) is 2.33. The zero-order chi connectivity index (χ0) is 15.5. The van der Waals surface area contributed by atoms with Crippen molar-refractivity contribution in [1.82, 2.24) is 9.80 Å². The first-order valence-corrected chi connectivity index (χ1v) is 8.77. The number of hydrogen-bond acceptors (Lipinski definition) is 2. The summed E-state index contributed by atoms with van der Waals surface area (Å²) in [6.07, 6.45) is 2.72. The fraction of sp³-hybridized carbons (Fsp3) is 0.895. The lowest BCUT2D eigenvalue weighted by Crippen LogP contribution is -2.54. The molecule has 0 bridgehead atoms. The molecule has 21 heavy (non-hydrogen) atoms. The SMILES string of the molecule is CC(C)C#CCN1CCC(CN2CC(C(C)(C)C)C2)CC1. The van der Waals surface area contributed by atoms with Crippen LogP contribution in [0, 0.1) is 35.0 Å². The molecule has 2 aliphatic rings. The molecule has 0 unspecified atom stereocenters. The summed E-state index contributed by atoms with van der Waals surface area (Å²) in [4.78, 5) is 5.20. The molecule has 2 heteroatoms. The van der Waals surface area contributed by atoms with Crippen molar-refractivity contribution in [3.63, 3.8) is 0 Å². The first-order valence-electron chi connectivity index (χ1n) is 8.77. The second kappa shape index (κ2) is 7.16. The summed E-state index contributed by atoms with van der Waals surface area (Å²) in [5.74, 6) is 8.92. The Labute approximate surface area is 132 Å². The summed E-state index contributed by atoms with van der Waals surface area (Å²) >= 11 is 0. The Bertz CT molecular complexity index is 369. The van der Waals surface area contributed by atoms with Crippen LogP contribution in [0.25, 0.3) is 0 Å². The van der Waals surface area contributed by atoms with E-state index in [4.69, 9.17) is 0 Å². The van der Waals surface area contributed by atoms with Crippen LogP contribution in [-0.4, -0.2) is 49.1 Å². The minimum Gasteiger partial charge on any atom is -0.302 e. The van der Waals surface area contributed by atoms with Gasteiger partial charge in [0, 0.05) is 25.6 Å². The highest BCUT2D eigenvalue weighted by atomic mass is 15.2. The van der Waals surface area contributed by atoms with Gasteiger partial charge < -0.3 is 4.90 Å². The molecule has 2 fully saturated rings. The molecular formula is C19H34N2. The Morgan fingerprint density at radius 2 is 1.67 bits per heavy atom. The largest absolute Gasteiger partial charge is 0.302 e. The predicted molar refractivity (Wildman–Crippen MR) is 91.2 cm³/mol. The van der Waals surface area contributed by atoms with Crippen LogP contribution in [0.2, 0.25) is 0 Å². The number of hydrogen-bond donors (Lipinski definition) is 0. The van der Waals surface area contributed by atoms with E-state index in [0.29, 0.717) is 11.3 Å². The summed E-state index contributed by atoms with van der Waals surface area (Å²) < 4.78 is 0. The van der Waals surface area contributed by atoms with Crippen LogP contribution in [0.3, 0.4) is 0 Å². The van der Waals surface area contributed by atoms with Crippen LogP contribution in [-0.2, 0) is 0 Å². The first-order chi connectivity index (χ1) is 9.84. The molecule has 0 aromatic heterocycles. The smallest absolute Gasteiger partial charge is 0.0601 e. The van der Waals surface area contributed by atoms with Gasteiger partial charge in [0.25, 0.3) is 0 Å². The Kier molecular flexibility index (Phi) is 5.74. The molecular weight excluding hydrogens is 256 g/mol. The molecule has 2 rings (SSSR count). The first kappa shape index (κ1) is 16.8. The van der Waals surface area contributed by atoms with Crippen molar-refractivity contribution in [3.05, 3.63) is 0 Å². The van der Waals surface area contributed by atoms with E-state index in [0.717, 1.165) is 18.4 Å². The van der Waals surface area contributed by atoms with Gasteiger partial charge in [-0.15, -0.1) is 0 Å². The average molecular weight is 290 g/mol. The molecule has 0 atom stereocenters. The fourth-order valence-corrected chi connectivity index (χ4v) is 3.32. The maximum atomic E-state index is 3.32. The minimum atomic E-state index is 0.495. The van der Waals surface area contributed by atoms with Gasteiger partial charge in [-0.25, -0.2) is 0 Å². The molecule has 0 saturated carbocycles. The van der Waals surface area contributed by atoms with Gasteiger partial charge in [0.2, 0.25) is 0 Å².